The molecule has 3 aliphatic rings. The summed E-state index contributed by atoms with van der Waals surface area (Å²) in [6.07, 6.45) is 12.0. The normalized spacial score (nSPS) is 43.9. The van der Waals surface area contributed by atoms with Gasteiger partial charge in [-0.2, -0.15) is 0 Å². The summed E-state index contributed by atoms with van der Waals surface area (Å²) in [4.78, 5) is 4.55. The van der Waals surface area contributed by atoms with Crippen LogP contribution in [0.1, 0.15) is 44.9 Å². The van der Waals surface area contributed by atoms with Gasteiger partial charge in [0.15, 0.2) is 0 Å². The van der Waals surface area contributed by atoms with Crippen molar-refractivity contribution >= 4 is 0 Å². The molecule has 2 N–H and O–H groups in total. The number of aryl methyl sites for hydroxylation is 1. The van der Waals surface area contributed by atoms with Crippen LogP contribution in [0.25, 0.3) is 0 Å². The molecule has 3 heteroatoms. The van der Waals surface area contributed by atoms with Gasteiger partial charge in [-0.1, -0.05) is 6.42 Å². The lowest BCUT2D eigenvalue weighted by atomic mass is 9.70. The number of rotatable bonds is 3. The molecular formula is C16H25N3. The predicted octanol–water partition coefficient (Wildman–Crippen LogP) is 2.60. The fraction of sp³-hybridized carbons (Fsp3) is 0.812. The van der Waals surface area contributed by atoms with Crippen molar-refractivity contribution in [1.29, 1.82) is 0 Å². The van der Waals surface area contributed by atoms with Gasteiger partial charge in [-0.25, -0.2) is 4.98 Å². The molecule has 5 atom stereocenters. The van der Waals surface area contributed by atoms with Crippen LogP contribution in [0.2, 0.25) is 0 Å². The van der Waals surface area contributed by atoms with E-state index in [0.717, 1.165) is 36.6 Å². The third-order valence-corrected chi connectivity index (χ3v) is 6.31. The van der Waals surface area contributed by atoms with E-state index >= 15 is 0 Å². The quantitative estimate of drug-likeness (QED) is 0.906. The van der Waals surface area contributed by atoms with Crippen molar-refractivity contribution in [1.82, 2.24) is 9.55 Å². The Labute approximate surface area is 115 Å². The third kappa shape index (κ3) is 1.63. The summed E-state index contributed by atoms with van der Waals surface area (Å²) in [5.74, 6) is 4.85. The fourth-order valence-electron chi connectivity index (χ4n) is 5.61. The van der Waals surface area contributed by atoms with Crippen molar-refractivity contribution in [3.8, 4) is 0 Å². The summed E-state index contributed by atoms with van der Waals surface area (Å²) in [6.45, 7) is 3.19. The summed E-state index contributed by atoms with van der Waals surface area (Å²) in [6, 6.07) is 0. The highest BCUT2D eigenvalue weighted by molar-refractivity contribution is 5.15. The molecule has 3 saturated carbocycles. The van der Waals surface area contributed by atoms with Crippen molar-refractivity contribution in [2.45, 2.75) is 57.5 Å². The van der Waals surface area contributed by atoms with Crippen molar-refractivity contribution in [3.63, 3.8) is 0 Å². The van der Waals surface area contributed by atoms with Crippen molar-refractivity contribution in [3.05, 3.63) is 18.2 Å². The number of hydrogen-bond donors (Lipinski definition) is 1. The summed E-state index contributed by atoms with van der Waals surface area (Å²) in [7, 11) is 0. The highest BCUT2D eigenvalue weighted by Gasteiger charge is 2.59. The molecule has 0 aliphatic heterocycles. The molecule has 5 unspecified atom stereocenters. The first-order valence-corrected chi connectivity index (χ1v) is 8.00. The van der Waals surface area contributed by atoms with Crippen LogP contribution in [0.4, 0.5) is 0 Å². The Balaban J connectivity index is 1.58. The van der Waals surface area contributed by atoms with Crippen molar-refractivity contribution in [2.24, 2.45) is 29.4 Å². The van der Waals surface area contributed by atoms with Crippen molar-refractivity contribution < 1.29 is 0 Å². The van der Waals surface area contributed by atoms with Crippen LogP contribution in [-0.2, 0) is 13.0 Å². The molecule has 0 radical (unpaired) electrons. The van der Waals surface area contributed by atoms with Crippen LogP contribution >= 0.6 is 0 Å². The molecule has 1 aromatic heterocycles. The van der Waals surface area contributed by atoms with Gasteiger partial charge in [-0.15, -0.1) is 0 Å². The molecule has 1 aromatic rings. The zero-order valence-electron chi connectivity index (χ0n) is 11.9. The Kier molecular flexibility index (Phi) is 2.57. The van der Waals surface area contributed by atoms with Crippen LogP contribution in [0.3, 0.4) is 0 Å². The lowest BCUT2D eigenvalue weighted by Crippen LogP contribution is -2.51. The summed E-state index contributed by atoms with van der Waals surface area (Å²) in [5, 5.41) is 0. The highest BCUT2D eigenvalue weighted by Crippen LogP contribution is 2.62. The van der Waals surface area contributed by atoms with Crippen LogP contribution in [0, 0.1) is 23.7 Å². The molecule has 0 saturated heterocycles. The van der Waals surface area contributed by atoms with Gasteiger partial charge in [-0.3, -0.25) is 0 Å². The van der Waals surface area contributed by atoms with Crippen molar-refractivity contribution in [2.75, 3.05) is 0 Å². The Morgan fingerprint density at radius 3 is 3.11 bits per heavy atom. The Morgan fingerprint density at radius 2 is 2.26 bits per heavy atom. The lowest BCUT2D eigenvalue weighted by molar-refractivity contribution is 0.153. The summed E-state index contributed by atoms with van der Waals surface area (Å²) < 4.78 is 2.26. The average molecular weight is 259 g/mol. The molecule has 0 spiro atoms. The molecule has 4 rings (SSSR count). The maximum atomic E-state index is 6.86. The van der Waals surface area contributed by atoms with Gasteiger partial charge >= 0.3 is 0 Å². The Hall–Kier alpha value is -0.830. The number of nitrogens with zero attached hydrogens (tertiary/aromatic N) is 2. The monoisotopic (exact) mass is 259 g/mol. The van der Waals surface area contributed by atoms with E-state index in [1.54, 1.807) is 0 Å². The molecule has 0 amide bonds. The van der Waals surface area contributed by atoms with E-state index in [9.17, 15) is 0 Å². The van der Waals surface area contributed by atoms with E-state index in [0.29, 0.717) is 0 Å². The average Bonchev–Trinajstić information content (AvgIpc) is 3.08. The highest BCUT2D eigenvalue weighted by atomic mass is 15.1. The maximum absolute atomic E-state index is 6.86. The van der Waals surface area contributed by atoms with E-state index in [4.69, 9.17) is 5.73 Å². The van der Waals surface area contributed by atoms with Gasteiger partial charge in [0.2, 0.25) is 0 Å². The first-order valence-electron chi connectivity index (χ1n) is 8.00. The molecule has 2 bridgehead atoms. The maximum Gasteiger partial charge on any atom is 0.110 e. The predicted molar refractivity (Wildman–Crippen MR) is 75.6 cm³/mol. The number of nitrogens with two attached hydrogens (primary N) is 1. The topological polar surface area (TPSA) is 43.8 Å². The van der Waals surface area contributed by atoms with Gasteiger partial charge in [0.25, 0.3) is 0 Å². The molecule has 3 aliphatic carbocycles. The molecule has 3 nitrogen and oxygen atoms in total. The summed E-state index contributed by atoms with van der Waals surface area (Å²) in [5.41, 5.74) is 6.90. The van der Waals surface area contributed by atoms with Gasteiger partial charge in [0.1, 0.15) is 5.82 Å². The van der Waals surface area contributed by atoms with Gasteiger partial charge in [-0.05, 0) is 56.3 Å². The van der Waals surface area contributed by atoms with E-state index in [1.807, 2.05) is 6.20 Å². The number of fused-ring (bicyclic) bond motifs is 5. The summed E-state index contributed by atoms with van der Waals surface area (Å²) >= 11 is 0. The minimum atomic E-state index is 0.0362. The van der Waals surface area contributed by atoms with Crippen LogP contribution in [0.15, 0.2) is 12.4 Å². The van der Waals surface area contributed by atoms with E-state index in [2.05, 4.69) is 22.7 Å². The van der Waals surface area contributed by atoms with Crippen LogP contribution in [0.5, 0.6) is 0 Å². The Bertz CT molecular complexity index is 480. The van der Waals surface area contributed by atoms with E-state index < -0.39 is 0 Å². The van der Waals surface area contributed by atoms with E-state index in [1.165, 1.54) is 37.9 Å². The molecular weight excluding hydrogens is 234 g/mol. The number of aromatic nitrogens is 2. The van der Waals surface area contributed by atoms with Crippen LogP contribution in [-0.4, -0.2) is 15.1 Å². The second kappa shape index (κ2) is 4.08. The first kappa shape index (κ1) is 12.0. The smallest absolute Gasteiger partial charge is 0.110 e. The number of hydrogen-bond acceptors (Lipinski definition) is 2. The minimum absolute atomic E-state index is 0.0362. The largest absolute Gasteiger partial charge is 0.335 e. The van der Waals surface area contributed by atoms with E-state index in [-0.39, 0.29) is 5.54 Å². The number of imidazole rings is 1. The van der Waals surface area contributed by atoms with Gasteiger partial charge in [0.05, 0.1) is 0 Å². The zero-order valence-corrected chi connectivity index (χ0v) is 11.9. The lowest BCUT2D eigenvalue weighted by Gasteiger charge is -2.40. The first-order chi connectivity index (χ1) is 9.21. The van der Waals surface area contributed by atoms with Crippen LogP contribution < -0.4 is 5.73 Å². The SMILES string of the molecule is CCn1ccnc1CC1(N)CC2CC1C1CCCC21. The minimum Gasteiger partial charge on any atom is -0.335 e. The molecule has 19 heavy (non-hydrogen) atoms. The molecule has 0 aromatic carbocycles. The fourth-order valence-corrected chi connectivity index (χ4v) is 5.61. The standard InChI is InChI=1S/C16H25N3/c1-2-19-7-6-18-15(19)10-16(17)9-11-8-14(16)13-5-3-4-12(11)13/h6-7,11-14H,2-5,8-10,17H2,1H3. The second-order valence-electron chi connectivity index (χ2n) is 7.10. The van der Waals surface area contributed by atoms with Gasteiger partial charge < -0.3 is 10.3 Å². The molecule has 1 heterocycles. The molecule has 104 valence electrons. The second-order valence-corrected chi connectivity index (χ2v) is 7.10. The third-order valence-electron chi connectivity index (χ3n) is 6.31. The Morgan fingerprint density at radius 1 is 1.42 bits per heavy atom. The zero-order chi connectivity index (χ0) is 13.0. The van der Waals surface area contributed by atoms with Gasteiger partial charge in [0, 0.05) is 30.9 Å². The molecule has 3 fully saturated rings.